The summed E-state index contributed by atoms with van der Waals surface area (Å²) < 4.78 is 1.97. The molecule has 0 aliphatic rings. The lowest BCUT2D eigenvalue weighted by Gasteiger charge is -2.21. The van der Waals surface area contributed by atoms with Crippen LogP contribution >= 0.6 is 0 Å². The molecule has 1 aromatic heterocycles. The lowest BCUT2D eigenvalue weighted by atomic mass is 9.95. The van der Waals surface area contributed by atoms with Gasteiger partial charge in [-0.1, -0.05) is 38.1 Å². The first kappa shape index (κ1) is 14.8. The van der Waals surface area contributed by atoms with Crippen LogP contribution in [-0.2, 0) is 19.9 Å². The summed E-state index contributed by atoms with van der Waals surface area (Å²) in [5.74, 6) is 0. The van der Waals surface area contributed by atoms with Gasteiger partial charge in [-0.3, -0.25) is 4.68 Å². The molecule has 1 unspecified atom stereocenters. The van der Waals surface area contributed by atoms with Crippen LogP contribution in [-0.4, -0.2) is 16.3 Å². The topological polar surface area (TPSA) is 29.9 Å². The van der Waals surface area contributed by atoms with Crippen LogP contribution in [0.25, 0.3) is 0 Å². The molecule has 0 radical (unpaired) electrons. The summed E-state index contributed by atoms with van der Waals surface area (Å²) in [4.78, 5) is 0. The van der Waals surface area contributed by atoms with Crippen LogP contribution in [0.4, 0.5) is 0 Å². The monoisotopic (exact) mass is 271 g/mol. The molecule has 1 heterocycles. The standard InChI is InChI=1S/C17H25N3/c1-4-14-8-6-7-9-16(14)17(18-5-2)11-10-15-12-13-19-20(15)3/h6-9,12-13,17-18H,4-5,10-11H2,1-3H3. The molecule has 2 aromatic rings. The van der Waals surface area contributed by atoms with Gasteiger partial charge in [-0.25, -0.2) is 0 Å². The first-order chi connectivity index (χ1) is 9.76. The lowest BCUT2D eigenvalue weighted by molar-refractivity contribution is 0.503. The van der Waals surface area contributed by atoms with E-state index in [4.69, 9.17) is 0 Å². The van der Waals surface area contributed by atoms with Gasteiger partial charge >= 0.3 is 0 Å². The molecule has 3 nitrogen and oxygen atoms in total. The maximum absolute atomic E-state index is 4.24. The van der Waals surface area contributed by atoms with Crippen LogP contribution < -0.4 is 5.32 Å². The molecule has 0 aliphatic carbocycles. The fourth-order valence-corrected chi connectivity index (χ4v) is 2.75. The molecule has 0 saturated heterocycles. The molecule has 1 N–H and O–H groups in total. The van der Waals surface area contributed by atoms with Gasteiger partial charge in [0.1, 0.15) is 0 Å². The molecule has 2 rings (SSSR count). The number of rotatable bonds is 7. The number of hydrogen-bond donors (Lipinski definition) is 1. The molecule has 0 saturated carbocycles. The molecule has 0 amide bonds. The van der Waals surface area contributed by atoms with Gasteiger partial charge in [0.2, 0.25) is 0 Å². The summed E-state index contributed by atoms with van der Waals surface area (Å²) in [5, 5.41) is 7.87. The number of aromatic nitrogens is 2. The van der Waals surface area contributed by atoms with Crippen molar-refractivity contribution < 1.29 is 0 Å². The number of nitrogens with zero attached hydrogens (tertiary/aromatic N) is 2. The second-order valence-electron chi connectivity index (χ2n) is 5.15. The summed E-state index contributed by atoms with van der Waals surface area (Å²) >= 11 is 0. The van der Waals surface area contributed by atoms with Crippen LogP contribution in [0, 0.1) is 0 Å². The highest BCUT2D eigenvalue weighted by molar-refractivity contribution is 5.30. The van der Waals surface area contributed by atoms with Gasteiger partial charge < -0.3 is 5.32 Å². The van der Waals surface area contributed by atoms with E-state index in [9.17, 15) is 0 Å². The normalized spacial score (nSPS) is 12.6. The van der Waals surface area contributed by atoms with Gasteiger partial charge in [-0.15, -0.1) is 0 Å². The van der Waals surface area contributed by atoms with Crippen molar-refractivity contribution >= 4 is 0 Å². The van der Waals surface area contributed by atoms with Crippen LogP contribution in [0.3, 0.4) is 0 Å². The molecule has 0 fully saturated rings. The predicted molar refractivity (Wildman–Crippen MR) is 83.8 cm³/mol. The highest BCUT2D eigenvalue weighted by Crippen LogP contribution is 2.23. The molecule has 0 spiro atoms. The predicted octanol–water partition coefficient (Wildman–Crippen LogP) is 3.27. The molecular formula is C17H25N3. The summed E-state index contributed by atoms with van der Waals surface area (Å²) in [6.07, 6.45) is 5.11. The third-order valence-electron chi connectivity index (χ3n) is 3.87. The first-order valence-corrected chi connectivity index (χ1v) is 7.54. The zero-order valence-electron chi connectivity index (χ0n) is 12.8. The minimum absolute atomic E-state index is 0.422. The molecule has 0 bridgehead atoms. The summed E-state index contributed by atoms with van der Waals surface area (Å²) in [5.41, 5.74) is 4.18. The Balaban J connectivity index is 2.12. The Hall–Kier alpha value is -1.61. The van der Waals surface area contributed by atoms with E-state index < -0.39 is 0 Å². The zero-order valence-corrected chi connectivity index (χ0v) is 12.8. The Morgan fingerprint density at radius 2 is 2.00 bits per heavy atom. The summed E-state index contributed by atoms with van der Waals surface area (Å²) in [6.45, 7) is 5.39. The molecule has 1 atom stereocenters. The Bertz CT molecular complexity index is 531. The second kappa shape index (κ2) is 7.25. The highest BCUT2D eigenvalue weighted by Gasteiger charge is 2.14. The zero-order chi connectivity index (χ0) is 14.4. The van der Waals surface area contributed by atoms with E-state index >= 15 is 0 Å². The molecule has 108 valence electrons. The largest absolute Gasteiger partial charge is 0.310 e. The van der Waals surface area contributed by atoms with Gasteiger partial charge in [0, 0.05) is 25.0 Å². The van der Waals surface area contributed by atoms with Crippen LogP contribution in [0.5, 0.6) is 0 Å². The molecular weight excluding hydrogens is 246 g/mol. The third kappa shape index (κ3) is 3.48. The number of nitrogens with one attached hydrogen (secondary N) is 1. The summed E-state index contributed by atoms with van der Waals surface area (Å²) in [6, 6.07) is 11.3. The van der Waals surface area contributed by atoms with Crippen molar-refractivity contribution in [3.63, 3.8) is 0 Å². The van der Waals surface area contributed by atoms with Crippen molar-refractivity contribution in [2.45, 2.75) is 39.2 Å². The van der Waals surface area contributed by atoms with E-state index in [0.717, 1.165) is 25.8 Å². The molecule has 0 aliphatic heterocycles. The fourth-order valence-electron chi connectivity index (χ4n) is 2.75. The van der Waals surface area contributed by atoms with Crippen molar-refractivity contribution in [2.75, 3.05) is 6.54 Å². The maximum atomic E-state index is 4.24. The van der Waals surface area contributed by atoms with Crippen molar-refractivity contribution in [2.24, 2.45) is 7.05 Å². The van der Waals surface area contributed by atoms with E-state index in [-0.39, 0.29) is 0 Å². The SMILES string of the molecule is CCNC(CCc1ccnn1C)c1ccccc1CC. The Kier molecular flexibility index (Phi) is 5.36. The average molecular weight is 271 g/mol. The number of aryl methyl sites for hydroxylation is 3. The number of hydrogen-bond acceptors (Lipinski definition) is 2. The van der Waals surface area contributed by atoms with E-state index in [1.54, 1.807) is 0 Å². The second-order valence-corrected chi connectivity index (χ2v) is 5.15. The van der Waals surface area contributed by atoms with Crippen LogP contribution in [0.15, 0.2) is 36.5 Å². The Morgan fingerprint density at radius 1 is 1.20 bits per heavy atom. The van der Waals surface area contributed by atoms with Gasteiger partial charge in [-0.2, -0.15) is 5.10 Å². The van der Waals surface area contributed by atoms with Crippen LogP contribution in [0.1, 0.15) is 43.1 Å². The quantitative estimate of drug-likeness (QED) is 0.837. The van der Waals surface area contributed by atoms with Crippen LogP contribution in [0.2, 0.25) is 0 Å². The van der Waals surface area contributed by atoms with Crippen molar-refractivity contribution in [3.05, 3.63) is 53.3 Å². The number of benzene rings is 1. The molecule has 1 aromatic carbocycles. The van der Waals surface area contributed by atoms with E-state index in [1.165, 1.54) is 16.8 Å². The van der Waals surface area contributed by atoms with Crippen molar-refractivity contribution in [1.82, 2.24) is 15.1 Å². The summed E-state index contributed by atoms with van der Waals surface area (Å²) in [7, 11) is 2.01. The van der Waals surface area contributed by atoms with E-state index in [1.807, 2.05) is 17.9 Å². The molecule has 20 heavy (non-hydrogen) atoms. The third-order valence-corrected chi connectivity index (χ3v) is 3.87. The van der Waals surface area contributed by atoms with Crippen molar-refractivity contribution in [3.8, 4) is 0 Å². The van der Waals surface area contributed by atoms with Crippen molar-refractivity contribution in [1.29, 1.82) is 0 Å². The highest BCUT2D eigenvalue weighted by atomic mass is 15.2. The fraction of sp³-hybridized carbons (Fsp3) is 0.471. The maximum Gasteiger partial charge on any atom is 0.0492 e. The first-order valence-electron chi connectivity index (χ1n) is 7.54. The van der Waals surface area contributed by atoms with E-state index in [2.05, 4.69) is 54.6 Å². The molecule has 3 heteroatoms. The lowest BCUT2D eigenvalue weighted by Crippen LogP contribution is -2.23. The van der Waals surface area contributed by atoms with E-state index in [0.29, 0.717) is 6.04 Å². The smallest absolute Gasteiger partial charge is 0.0492 e. The van der Waals surface area contributed by atoms with Gasteiger partial charge in [0.25, 0.3) is 0 Å². The minimum Gasteiger partial charge on any atom is -0.310 e. The Morgan fingerprint density at radius 3 is 2.65 bits per heavy atom. The Labute approximate surface area is 122 Å². The van der Waals surface area contributed by atoms with Gasteiger partial charge in [0.05, 0.1) is 0 Å². The average Bonchev–Trinajstić information content (AvgIpc) is 2.89. The van der Waals surface area contributed by atoms with Gasteiger partial charge in [0.15, 0.2) is 0 Å². The van der Waals surface area contributed by atoms with Gasteiger partial charge in [-0.05, 0) is 43.0 Å². The minimum atomic E-state index is 0.422.